The molecule has 0 aliphatic heterocycles. The predicted octanol–water partition coefficient (Wildman–Crippen LogP) is 5.00. The molecular formula is C19H23FN2S2. The molecule has 24 heavy (non-hydrogen) atoms. The third-order valence-electron chi connectivity index (χ3n) is 3.55. The summed E-state index contributed by atoms with van der Waals surface area (Å²) in [6.45, 7) is 2.98. The largest absolute Gasteiger partial charge is 0.362 e. The first-order valence-electron chi connectivity index (χ1n) is 8.13. The number of aryl methyl sites for hydroxylation is 1. The van der Waals surface area contributed by atoms with Crippen molar-refractivity contribution in [2.75, 3.05) is 17.6 Å². The average molecular weight is 363 g/mol. The summed E-state index contributed by atoms with van der Waals surface area (Å²) in [5, 5.41) is 7.07. The minimum absolute atomic E-state index is 0.182. The number of hydrogen-bond acceptors (Lipinski definition) is 2. The van der Waals surface area contributed by atoms with Gasteiger partial charge in [0.25, 0.3) is 0 Å². The van der Waals surface area contributed by atoms with Gasteiger partial charge in [-0.15, -0.1) is 0 Å². The van der Waals surface area contributed by atoms with Gasteiger partial charge in [-0.2, -0.15) is 11.8 Å². The molecule has 2 rings (SSSR count). The standard InChI is InChI=1S/C19H23FN2S2/c1-2-15-6-10-18(11-7-15)22-19(23)21-12-3-13-24-14-16-4-8-17(20)9-5-16/h4-11H,2-3,12-14H2,1H3,(H2,21,22,23). The van der Waals surface area contributed by atoms with Crippen molar-refractivity contribution in [1.29, 1.82) is 0 Å². The minimum atomic E-state index is -0.182. The topological polar surface area (TPSA) is 24.1 Å². The number of nitrogens with one attached hydrogen (secondary N) is 2. The van der Waals surface area contributed by atoms with Crippen LogP contribution in [0, 0.1) is 5.82 Å². The average Bonchev–Trinajstić information content (AvgIpc) is 2.60. The highest BCUT2D eigenvalue weighted by molar-refractivity contribution is 7.98. The van der Waals surface area contributed by atoms with Gasteiger partial charge in [0.05, 0.1) is 0 Å². The van der Waals surface area contributed by atoms with Crippen molar-refractivity contribution in [3.8, 4) is 0 Å². The van der Waals surface area contributed by atoms with E-state index in [4.69, 9.17) is 12.2 Å². The molecule has 2 nitrogen and oxygen atoms in total. The predicted molar refractivity (Wildman–Crippen MR) is 107 cm³/mol. The van der Waals surface area contributed by atoms with Gasteiger partial charge in [-0.1, -0.05) is 31.2 Å². The number of thioether (sulfide) groups is 1. The molecule has 0 saturated heterocycles. The summed E-state index contributed by atoms with van der Waals surface area (Å²) in [5.41, 5.74) is 3.48. The van der Waals surface area contributed by atoms with Crippen LogP contribution in [-0.4, -0.2) is 17.4 Å². The second kappa shape index (κ2) is 10.3. The molecule has 0 unspecified atom stereocenters. The highest BCUT2D eigenvalue weighted by atomic mass is 32.2. The number of anilines is 1. The lowest BCUT2D eigenvalue weighted by Crippen LogP contribution is -2.29. The van der Waals surface area contributed by atoms with Gasteiger partial charge in [0, 0.05) is 18.0 Å². The van der Waals surface area contributed by atoms with E-state index in [9.17, 15) is 4.39 Å². The van der Waals surface area contributed by atoms with Crippen LogP contribution in [0.2, 0.25) is 0 Å². The first-order valence-corrected chi connectivity index (χ1v) is 9.69. The lowest BCUT2D eigenvalue weighted by atomic mass is 10.1. The quantitative estimate of drug-likeness (QED) is 0.510. The van der Waals surface area contributed by atoms with Gasteiger partial charge in [0.2, 0.25) is 0 Å². The number of halogens is 1. The van der Waals surface area contributed by atoms with Crippen molar-refractivity contribution in [2.24, 2.45) is 0 Å². The fourth-order valence-electron chi connectivity index (χ4n) is 2.15. The molecule has 0 spiro atoms. The molecule has 0 bridgehead atoms. The van der Waals surface area contributed by atoms with Crippen LogP contribution < -0.4 is 10.6 Å². The summed E-state index contributed by atoms with van der Waals surface area (Å²) in [5.74, 6) is 1.77. The van der Waals surface area contributed by atoms with E-state index in [1.165, 1.54) is 17.7 Å². The normalized spacial score (nSPS) is 10.4. The van der Waals surface area contributed by atoms with Gasteiger partial charge in [0.15, 0.2) is 5.11 Å². The van der Waals surface area contributed by atoms with Gasteiger partial charge >= 0.3 is 0 Å². The minimum Gasteiger partial charge on any atom is -0.362 e. The number of thiocarbonyl (C=S) groups is 1. The second-order valence-corrected chi connectivity index (χ2v) is 6.98. The molecule has 2 aromatic rings. The molecule has 0 saturated carbocycles. The van der Waals surface area contributed by atoms with Crippen molar-refractivity contribution < 1.29 is 4.39 Å². The van der Waals surface area contributed by atoms with Crippen molar-refractivity contribution in [1.82, 2.24) is 5.32 Å². The molecule has 0 aliphatic carbocycles. The Kier molecular flexibility index (Phi) is 8.05. The molecule has 0 radical (unpaired) electrons. The lowest BCUT2D eigenvalue weighted by molar-refractivity contribution is 0.627. The molecule has 0 heterocycles. The Morgan fingerprint density at radius 3 is 2.38 bits per heavy atom. The van der Waals surface area contributed by atoms with Crippen molar-refractivity contribution in [2.45, 2.75) is 25.5 Å². The molecule has 0 amide bonds. The van der Waals surface area contributed by atoms with Gasteiger partial charge < -0.3 is 10.6 Å². The molecule has 0 fully saturated rings. The highest BCUT2D eigenvalue weighted by Crippen LogP contribution is 2.13. The number of hydrogen-bond donors (Lipinski definition) is 2. The molecule has 0 atom stereocenters. The van der Waals surface area contributed by atoms with E-state index in [1.807, 2.05) is 36.0 Å². The molecule has 0 aliphatic rings. The van der Waals surface area contributed by atoms with E-state index >= 15 is 0 Å². The van der Waals surface area contributed by atoms with Crippen molar-refractivity contribution in [3.63, 3.8) is 0 Å². The number of benzene rings is 2. The van der Waals surface area contributed by atoms with Crippen LogP contribution >= 0.6 is 24.0 Å². The monoisotopic (exact) mass is 362 g/mol. The first kappa shape index (κ1) is 18.7. The van der Waals surface area contributed by atoms with E-state index in [-0.39, 0.29) is 5.82 Å². The third kappa shape index (κ3) is 6.89. The maximum atomic E-state index is 12.8. The van der Waals surface area contributed by atoms with Crippen molar-refractivity contribution >= 4 is 34.8 Å². The zero-order valence-corrected chi connectivity index (χ0v) is 15.5. The van der Waals surface area contributed by atoms with Crippen molar-refractivity contribution in [3.05, 3.63) is 65.5 Å². The summed E-state index contributed by atoms with van der Waals surface area (Å²) < 4.78 is 12.8. The van der Waals surface area contributed by atoms with E-state index in [0.717, 1.165) is 42.1 Å². The summed E-state index contributed by atoms with van der Waals surface area (Å²) >= 11 is 7.15. The Labute approximate surface area is 153 Å². The molecule has 2 aromatic carbocycles. The van der Waals surface area contributed by atoms with Crippen LogP contribution in [0.1, 0.15) is 24.5 Å². The molecular weight excluding hydrogens is 339 g/mol. The van der Waals surface area contributed by atoms with Crippen LogP contribution in [0.4, 0.5) is 10.1 Å². The summed E-state index contributed by atoms with van der Waals surface area (Å²) in [7, 11) is 0. The molecule has 5 heteroatoms. The third-order valence-corrected chi connectivity index (χ3v) is 4.91. The summed E-state index contributed by atoms with van der Waals surface area (Å²) in [6, 6.07) is 15.0. The highest BCUT2D eigenvalue weighted by Gasteiger charge is 1.99. The van der Waals surface area contributed by atoms with Gasteiger partial charge in [0.1, 0.15) is 5.82 Å². The molecule has 0 aromatic heterocycles. The first-order chi connectivity index (χ1) is 11.7. The van der Waals surface area contributed by atoms with E-state index in [1.54, 1.807) is 0 Å². The molecule has 2 N–H and O–H groups in total. The van der Waals surface area contributed by atoms with Crippen LogP contribution in [0.5, 0.6) is 0 Å². The van der Waals surface area contributed by atoms with E-state index in [0.29, 0.717) is 5.11 Å². The maximum absolute atomic E-state index is 12.8. The summed E-state index contributed by atoms with van der Waals surface area (Å²) in [6.07, 6.45) is 2.07. The Bertz CT molecular complexity index is 627. The fourth-order valence-corrected chi connectivity index (χ4v) is 3.29. The fraction of sp³-hybridized carbons (Fsp3) is 0.316. The Morgan fingerprint density at radius 2 is 1.71 bits per heavy atom. The van der Waals surface area contributed by atoms with Gasteiger partial charge in [-0.05, 0) is 66.2 Å². The number of rotatable bonds is 8. The summed E-state index contributed by atoms with van der Waals surface area (Å²) in [4.78, 5) is 0. The zero-order chi connectivity index (χ0) is 17.2. The maximum Gasteiger partial charge on any atom is 0.170 e. The zero-order valence-electron chi connectivity index (χ0n) is 13.8. The Morgan fingerprint density at radius 1 is 1.04 bits per heavy atom. The van der Waals surface area contributed by atoms with E-state index < -0.39 is 0 Å². The van der Waals surface area contributed by atoms with Crippen LogP contribution in [0.3, 0.4) is 0 Å². The van der Waals surface area contributed by atoms with Gasteiger partial charge in [-0.25, -0.2) is 4.39 Å². The van der Waals surface area contributed by atoms with Crippen LogP contribution in [0.25, 0.3) is 0 Å². The van der Waals surface area contributed by atoms with Crippen LogP contribution in [0.15, 0.2) is 48.5 Å². The van der Waals surface area contributed by atoms with E-state index in [2.05, 4.69) is 29.7 Å². The SMILES string of the molecule is CCc1ccc(NC(=S)NCCCSCc2ccc(F)cc2)cc1. The smallest absolute Gasteiger partial charge is 0.170 e. The Hall–Kier alpha value is -1.59. The van der Waals surface area contributed by atoms with Gasteiger partial charge in [-0.3, -0.25) is 0 Å². The molecule has 128 valence electrons. The second-order valence-electron chi connectivity index (χ2n) is 5.46. The lowest BCUT2D eigenvalue weighted by Gasteiger charge is -2.11. The Balaban J connectivity index is 1.56. The van der Waals surface area contributed by atoms with Crippen LogP contribution in [-0.2, 0) is 12.2 Å².